The summed E-state index contributed by atoms with van der Waals surface area (Å²) in [6.07, 6.45) is 14.9. The largest absolute Gasteiger partial charge is 0.393 e. The van der Waals surface area contributed by atoms with Crippen molar-refractivity contribution in [1.82, 2.24) is 0 Å². The van der Waals surface area contributed by atoms with Crippen LogP contribution in [0.2, 0.25) is 0 Å². The molecule has 0 amide bonds. The highest BCUT2D eigenvalue weighted by molar-refractivity contribution is 5.23. The maximum Gasteiger partial charge on any atom is 0.0596 e. The van der Waals surface area contributed by atoms with E-state index in [4.69, 9.17) is 0 Å². The lowest BCUT2D eigenvalue weighted by Gasteiger charge is -2.61. The lowest BCUT2D eigenvalue weighted by molar-refractivity contribution is -0.127. The van der Waals surface area contributed by atoms with Crippen LogP contribution in [0.3, 0.4) is 0 Å². The van der Waals surface area contributed by atoms with Gasteiger partial charge >= 0.3 is 0 Å². The summed E-state index contributed by atoms with van der Waals surface area (Å²) >= 11 is 0. The van der Waals surface area contributed by atoms with E-state index < -0.39 is 0 Å². The standard InChI is InChI=1S/C23H39NO/c1-22-12-10-16(5-4-14-24-3)15-17(22)6-7-18-19-8-9-21(25)23(19,2)13-11-20(18)22/h16-21,25H,3-15H2,1-2H3/t16?,17?,18?,19?,20?,21-,22?,23-/m0/s1. The average molecular weight is 346 g/mol. The first kappa shape index (κ1) is 18.0. The third-order valence-electron chi connectivity index (χ3n) is 9.65. The number of aliphatic hydroxyl groups is 1. The zero-order chi connectivity index (χ0) is 17.7. The van der Waals surface area contributed by atoms with Crippen LogP contribution in [0, 0.1) is 40.4 Å². The van der Waals surface area contributed by atoms with Gasteiger partial charge < -0.3 is 10.1 Å². The van der Waals surface area contributed by atoms with E-state index in [1.54, 1.807) is 0 Å². The molecule has 8 atom stereocenters. The topological polar surface area (TPSA) is 32.6 Å². The van der Waals surface area contributed by atoms with E-state index in [1.807, 2.05) is 0 Å². The van der Waals surface area contributed by atoms with Crippen LogP contribution in [-0.2, 0) is 0 Å². The third-order valence-corrected chi connectivity index (χ3v) is 9.65. The quantitative estimate of drug-likeness (QED) is 0.530. The van der Waals surface area contributed by atoms with E-state index in [-0.39, 0.29) is 11.5 Å². The fourth-order valence-electron chi connectivity index (χ4n) is 8.07. The van der Waals surface area contributed by atoms with Crippen LogP contribution >= 0.6 is 0 Å². The molecule has 142 valence electrons. The van der Waals surface area contributed by atoms with Gasteiger partial charge in [-0.3, -0.25) is 0 Å². The number of hydrogen-bond acceptors (Lipinski definition) is 2. The van der Waals surface area contributed by atoms with E-state index in [1.165, 1.54) is 64.2 Å². The monoisotopic (exact) mass is 345 g/mol. The average Bonchev–Trinajstić information content (AvgIpc) is 2.90. The number of hydrogen-bond donors (Lipinski definition) is 1. The molecule has 6 unspecified atom stereocenters. The van der Waals surface area contributed by atoms with Crippen LogP contribution in [0.25, 0.3) is 0 Å². The van der Waals surface area contributed by atoms with Crippen molar-refractivity contribution in [3.8, 4) is 0 Å². The lowest BCUT2D eigenvalue weighted by atomic mass is 9.44. The Morgan fingerprint density at radius 3 is 2.52 bits per heavy atom. The van der Waals surface area contributed by atoms with Gasteiger partial charge in [0.25, 0.3) is 0 Å². The van der Waals surface area contributed by atoms with Gasteiger partial charge in [-0.1, -0.05) is 13.8 Å². The first-order chi connectivity index (χ1) is 12.0. The fourth-order valence-corrected chi connectivity index (χ4v) is 8.07. The van der Waals surface area contributed by atoms with Crippen LogP contribution in [0.15, 0.2) is 4.99 Å². The molecule has 4 fully saturated rings. The summed E-state index contributed by atoms with van der Waals surface area (Å²) in [5.41, 5.74) is 0.824. The number of rotatable bonds is 4. The summed E-state index contributed by atoms with van der Waals surface area (Å²) < 4.78 is 0. The second-order valence-electron chi connectivity index (χ2n) is 10.5. The lowest BCUT2D eigenvalue weighted by Crippen LogP contribution is -2.54. The zero-order valence-electron chi connectivity index (χ0n) is 16.6. The molecule has 1 N–H and O–H groups in total. The van der Waals surface area contributed by atoms with Gasteiger partial charge in [0.1, 0.15) is 0 Å². The van der Waals surface area contributed by atoms with Gasteiger partial charge in [-0.15, -0.1) is 0 Å². The molecule has 0 heterocycles. The van der Waals surface area contributed by atoms with Gasteiger partial charge in [0.05, 0.1) is 6.10 Å². The third kappa shape index (κ3) is 2.82. The predicted molar refractivity (Wildman–Crippen MR) is 105 cm³/mol. The first-order valence-corrected chi connectivity index (χ1v) is 11.1. The Labute approximate surface area is 154 Å². The van der Waals surface area contributed by atoms with E-state index in [0.717, 1.165) is 42.6 Å². The maximum absolute atomic E-state index is 10.6. The van der Waals surface area contributed by atoms with Crippen molar-refractivity contribution in [2.45, 2.75) is 90.6 Å². The molecule has 4 aliphatic rings. The summed E-state index contributed by atoms with van der Waals surface area (Å²) in [4.78, 5) is 4.04. The first-order valence-electron chi connectivity index (χ1n) is 11.1. The summed E-state index contributed by atoms with van der Waals surface area (Å²) in [6.45, 7) is 9.65. The van der Waals surface area contributed by atoms with Gasteiger partial charge in [0.15, 0.2) is 0 Å². The number of nitrogens with zero attached hydrogens (tertiary/aromatic N) is 1. The Morgan fingerprint density at radius 2 is 1.72 bits per heavy atom. The van der Waals surface area contributed by atoms with E-state index in [2.05, 4.69) is 25.6 Å². The second-order valence-corrected chi connectivity index (χ2v) is 10.5. The van der Waals surface area contributed by atoms with Gasteiger partial charge in [-0.2, -0.15) is 0 Å². The molecule has 4 aliphatic carbocycles. The number of aliphatic hydroxyl groups excluding tert-OH is 1. The molecule has 4 rings (SSSR count). The van der Waals surface area contributed by atoms with Crippen molar-refractivity contribution in [1.29, 1.82) is 0 Å². The fraction of sp³-hybridized carbons (Fsp3) is 0.957. The zero-order valence-corrected chi connectivity index (χ0v) is 16.6. The molecule has 0 saturated heterocycles. The molecule has 0 aromatic heterocycles. The normalized spacial score (nSPS) is 52.1. The number of aliphatic imine (C=N–C) groups is 1. The Kier molecular flexibility index (Phi) is 4.80. The minimum Gasteiger partial charge on any atom is -0.393 e. The molecule has 2 nitrogen and oxygen atoms in total. The molecule has 2 heteroatoms. The summed E-state index contributed by atoms with van der Waals surface area (Å²) in [5, 5.41) is 10.6. The second kappa shape index (κ2) is 6.66. The molecular weight excluding hydrogens is 306 g/mol. The maximum atomic E-state index is 10.6. The predicted octanol–water partition coefficient (Wildman–Crippen LogP) is 5.49. The van der Waals surface area contributed by atoms with Crippen molar-refractivity contribution >= 4 is 6.72 Å². The van der Waals surface area contributed by atoms with E-state index in [0.29, 0.717) is 5.41 Å². The Morgan fingerprint density at radius 1 is 0.960 bits per heavy atom. The summed E-state index contributed by atoms with van der Waals surface area (Å²) in [7, 11) is 0. The minimum absolute atomic E-state index is 0.0295. The van der Waals surface area contributed by atoms with Gasteiger partial charge in [0, 0.05) is 6.54 Å². The van der Waals surface area contributed by atoms with Crippen LogP contribution in [-0.4, -0.2) is 24.5 Å². The molecule has 0 spiro atoms. The van der Waals surface area contributed by atoms with Gasteiger partial charge in [0.2, 0.25) is 0 Å². The molecule has 0 aromatic rings. The van der Waals surface area contributed by atoms with E-state index in [9.17, 15) is 5.11 Å². The Hall–Kier alpha value is -0.370. The van der Waals surface area contributed by atoms with Crippen molar-refractivity contribution < 1.29 is 5.11 Å². The van der Waals surface area contributed by atoms with Crippen molar-refractivity contribution in [2.24, 2.45) is 45.4 Å². The van der Waals surface area contributed by atoms with Crippen LogP contribution in [0.4, 0.5) is 0 Å². The van der Waals surface area contributed by atoms with Gasteiger partial charge in [-0.25, -0.2) is 0 Å². The van der Waals surface area contributed by atoms with Crippen molar-refractivity contribution in [2.75, 3.05) is 6.54 Å². The SMILES string of the molecule is C=NCCCC1CCC2(C)C(CCC3C2CC[C@@]2(C)C3CC[C@@H]2O)C1. The van der Waals surface area contributed by atoms with Crippen LogP contribution in [0.5, 0.6) is 0 Å². The van der Waals surface area contributed by atoms with Crippen LogP contribution in [0.1, 0.15) is 84.5 Å². The molecule has 0 bridgehead atoms. The molecule has 0 aromatic carbocycles. The molecule has 25 heavy (non-hydrogen) atoms. The van der Waals surface area contributed by atoms with Gasteiger partial charge in [-0.05, 0) is 118 Å². The van der Waals surface area contributed by atoms with Crippen molar-refractivity contribution in [3.05, 3.63) is 0 Å². The Bertz CT molecular complexity index is 504. The summed E-state index contributed by atoms with van der Waals surface area (Å²) in [5.74, 6) is 4.54. The molecule has 0 aliphatic heterocycles. The molecule has 0 radical (unpaired) electrons. The number of fused-ring (bicyclic) bond motifs is 5. The highest BCUT2D eigenvalue weighted by atomic mass is 16.3. The van der Waals surface area contributed by atoms with Crippen LogP contribution < -0.4 is 0 Å². The molecular formula is C23H39NO. The van der Waals surface area contributed by atoms with Crippen molar-refractivity contribution in [3.63, 3.8) is 0 Å². The smallest absolute Gasteiger partial charge is 0.0596 e. The highest BCUT2D eigenvalue weighted by Gasteiger charge is 2.59. The molecule has 4 saturated carbocycles. The Balaban J connectivity index is 1.46. The van der Waals surface area contributed by atoms with E-state index >= 15 is 0 Å². The highest BCUT2D eigenvalue weighted by Crippen LogP contribution is 2.66. The minimum atomic E-state index is -0.0295. The summed E-state index contributed by atoms with van der Waals surface area (Å²) in [6, 6.07) is 0.